The van der Waals surface area contributed by atoms with Crippen molar-refractivity contribution < 1.29 is 42.1 Å². The van der Waals surface area contributed by atoms with Gasteiger partial charge >= 0.3 is 18.1 Å². The van der Waals surface area contributed by atoms with E-state index in [0.29, 0.717) is 12.1 Å². The highest BCUT2D eigenvalue weighted by Crippen LogP contribution is 2.38. The van der Waals surface area contributed by atoms with Crippen LogP contribution < -0.4 is 9.64 Å². The van der Waals surface area contributed by atoms with Crippen LogP contribution in [0, 0.1) is 0 Å². The second-order valence-corrected chi connectivity index (χ2v) is 6.74. The van der Waals surface area contributed by atoms with E-state index >= 15 is 0 Å². The fourth-order valence-corrected chi connectivity index (χ4v) is 2.93. The van der Waals surface area contributed by atoms with Crippen LogP contribution in [0.1, 0.15) is 35.3 Å². The number of phenols is 1. The number of hydrogen-bond donors (Lipinski definition) is 1. The molecule has 2 aromatic rings. The fourth-order valence-electron chi connectivity index (χ4n) is 2.69. The van der Waals surface area contributed by atoms with Gasteiger partial charge in [-0.2, -0.15) is 13.2 Å². The van der Waals surface area contributed by atoms with Gasteiger partial charge < -0.3 is 19.5 Å². The molecule has 0 heterocycles. The lowest BCUT2D eigenvalue weighted by molar-refractivity contribution is -0.137. The minimum atomic E-state index is -4.72. The number of ether oxygens (including phenoxy) is 2. The van der Waals surface area contributed by atoms with Gasteiger partial charge in [0, 0.05) is 31.2 Å². The molecule has 0 saturated carbocycles. The number of aromatic hydroxyl groups is 1. The van der Waals surface area contributed by atoms with Crippen molar-refractivity contribution in [2.24, 2.45) is 0 Å². The third-order valence-corrected chi connectivity index (χ3v) is 4.40. The molecular weight excluding hydrogens is 443 g/mol. The van der Waals surface area contributed by atoms with Crippen molar-refractivity contribution >= 4 is 35.1 Å². The number of methoxy groups -OCH3 is 1. The fraction of sp³-hybridized carbons (Fsp3) is 0.250. The number of nitrogens with zero attached hydrogens (tertiary/aromatic N) is 1. The van der Waals surface area contributed by atoms with Crippen LogP contribution in [0.25, 0.3) is 0 Å². The zero-order valence-corrected chi connectivity index (χ0v) is 17.3. The summed E-state index contributed by atoms with van der Waals surface area (Å²) in [5.74, 6) is -2.99. The molecule has 0 unspecified atom stereocenters. The summed E-state index contributed by atoms with van der Waals surface area (Å²) in [6.45, 7) is 1.76. The molecule has 0 atom stereocenters. The lowest BCUT2D eigenvalue weighted by Gasteiger charge is -2.23. The Labute approximate surface area is 179 Å². The monoisotopic (exact) mass is 459 g/mol. The topological polar surface area (TPSA) is 93.1 Å². The van der Waals surface area contributed by atoms with E-state index in [1.807, 2.05) is 0 Å². The van der Waals surface area contributed by atoms with Crippen molar-refractivity contribution in [3.8, 4) is 11.5 Å². The number of anilines is 1. The number of hydrogen-bond acceptors (Lipinski definition) is 6. The summed E-state index contributed by atoms with van der Waals surface area (Å²) < 4.78 is 49.0. The van der Waals surface area contributed by atoms with E-state index < -0.39 is 46.9 Å². The first-order valence-corrected chi connectivity index (χ1v) is 9.00. The van der Waals surface area contributed by atoms with Crippen LogP contribution in [0.4, 0.5) is 18.9 Å². The Bertz CT molecular complexity index is 1040. The lowest BCUT2D eigenvalue weighted by atomic mass is 10.1. The van der Waals surface area contributed by atoms with Crippen molar-refractivity contribution in [3.63, 3.8) is 0 Å². The van der Waals surface area contributed by atoms with E-state index in [1.165, 1.54) is 18.2 Å². The van der Waals surface area contributed by atoms with Crippen LogP contribution in [-0.4, -0.2) is 30.1 Å². The molecule has 0 saturated heterocycles. The molecule has 11 heteroatoms. The molecule has 0 aliphatic rings. The maximum atomic E-state index is 13.1. The van der Waals surface area contributed by atoms with Crippen LogP contribution in [0.5, 0.6) is 11.5 Å². The zero-order valence-electron chi connectivity index (χ0n) is 16.5. The summed E-state index contributed by atoms with van der Waals surface area (Å²) in [5.41, 5.74) is -1.38. The molecule has 0 bridgehead atoms. The summed E-state index contributed by atoms with van der Waals surface area (Å²) in [6, 6.07) is 4.97. The summed E-state index contributed by atoms with van der Waals surface area (Å²) in [7, 11) is 1.12. The molecule has 31 heavy (non-hydrogen) atoms. The molecule has 2 rings (SSSR count). The highest BCUT2D eigenvalue weighted by Gasteiger charge is 2.32. The van der Waals surface area contributed by atoms with Gasteiger partial charge in [0.2, 0.25) is 5.91 Å². The number of halogens is 4. The van der Waals surface area contributed by atoms with Crippen LogP contribution in [0.3, 0.4) is 0 Å². The van der Waals surface area contributed by atoms with Gasteiger partial charge in [-0.3, -0.25) is 9.59 Å². The number of benzene rings is 2. The van der Waals surface area contributed by atoms with Gasteiger partial charge in [0.15, 0.2) is 0 Å². The molecule has 0 fully saturated rings. The Kier molecular flexibility index (Phi) is 7.17. The van der Waals surface area contributed by atoms with Crippen LogP contribution in [0.2, 0.25) is 5.02 Å². The number of carbonyl (C=O) groups excluding carboxylic acids is 3. The van der Waals surface area contributed by atoms with Crippen molar-refractivity contribution in [1.82, 2.24) is 0 Å². The lowest BCUT2D eigenvalue weighted by Crippen LogP contribution is -2.28. The van der Waals surface area contributed by atoms with Crippen molar-refractivity contribution in [3.05, 3.63) is 52.0 Å². The summed E-state index contributed by atoms with van der Waals surface area (Å²) in [4.78, 5) is 36.5. The largest absolute Gasteiger partial charge is 0.506 e. The first kappa shape index (κ1) is 24.0. The van der Waals surface area contributed by atoms with Gasteiger partial charge in [-0.1, -0.05) is 11.6 Å². The van der Waals surface area contributed by atoms with Crippen LogP contribution in [0.15, 0.2) is 30.3 Å². The van der Waals surface area contributed by atoms with Crippen molar-refractivity contribution in [2.45, 2.75) is 26.6 Å². The number of rotatable bonds is 5. The Morgan fingerprint density at radius 3 is 2.29 bits per heavy atom. The number of amides is 1. The number of phenolic OH excluding ortho intramolecular Hbond substituents is 1. The maximum absolute atomic E-state index is 13.1. The molecular formula is C20H17ClF3NO6. The molecule has 0 radical (unpaired) electrons. The summed E-state index contributed by atoms with van der Waals surface area (Å²) in [6.07, 6.45) is -4.72. The third-order valence-electron chi connectivity index (χ3n) is 4.11. The molecule has 7 nitrogen and oxygen atoms in total. The second kappa shape index (κ2) is 9.25. The van der Waals surface area contributed by atoms with Crippen molar-refractivity contribution in [2.75, 3.05) is 12.0 Å². The first-order valence-electron chi connectivity index (χ1n) is 8.62. The minimum absolute atomic E-state index is 0.0873. The van der Waals surface area contributed by atoms with Gasteiger partial charge in [0.1, 0.15) is 17.1 Å². The van der Waals surface area contributed by atoms with Gasteiger partial charge in [-0.15, -0.1) is 0 Å². The van der Waals surface area contributed by atoms with E-state index in [4.69, 9.17) is 16.3 Å². The quantitative estimate of drug-likeness (QED) is 0.528. The Hall–Kier alpha value is -3.27. The highest BCUT2D eigenvalue weighted by atomic mass is 35.5. The molecule has 0 aliphatic carbocycles. The van der Waals surface area contributed by atoms with E-state index in [-0.39, 0.29) is 22.6 Å². The molecule has 166 valence electrons. The third kappa shape index (κ3) is 5.66. The predicted octanol–water partition coefficient (Wildman–Crippen LogP) is 4.33. The van der Waals surface area contributed by atoms with Crippen molar-refractivity contribution in [1.29, 1.82) is 0 Å². The Morgan fingerprint density at radius 2 is 1.77 bits per heavy atom. The molecule has 2 aromatic carbocycles. The number of carbonyl (C=O) groups is 3. The van der Waals surface area contributed by atoms with E-state index in [1.54, 1.807) is 0 Å². The maximum Gasteiger partial charge on any atom is 0.416 e. The highest BCUT2D eigenvalue weighted by molar-refractivity contribution is 6.32. The summed E-state index contributed by atoms with van der Waals surface area (Å²) >= 11 is 5.73. The molecule has 0 aromatic heterocycles. The molecule has 0 spiro atoms. The van der Waals surface area contributed by atoms with E-state index in [2.05, 4.69) is 4.74 Å². The summed E-state index contributed by atoms with van der Waals surface area (Å²) in [5, 5.41) is 9.59. The molecule has 1 N–H and O–H groups in total. The first-order chi connectivity index (χ1) is 14.3. The Morgan fingerprint density at radius 1 is 1.13 bits per heavy atom. The number of alkyl halides is 3. The molecule has 1 amide bonds. The zero-order chi connectivity index (χ0) is 23.5. The van der Waals surface area contributed by atoms with Gasteiger partial charge in [0.05, 0.1) is 24.2 Å². The Balaban J connectivity index is 2.55. The smallest absolute Gasteiger partial charge is 0.416 e. The van der Waals surface area contributed by atoms with E-state index in [9.17, 15) is 32.7 Å². The average molecular weight is 460 g/mol. The second-order valence-electron chi connectivity index (χ2n) is 6.33. The standard InChI is InChI=1S/C20H17ClF3NO6/c1-10(26)25(9-12-6-13(20(22,23)24)7-16(21)18(12)28)14-4-5-15(19(29)30-3)17(8-14)31-11(2)27/h4-8,28H,9H2,1-3H3. The minimum Gasteiger partial charge on any atom is -0.506 e. The average Bonchev–Trinajstić information content (AvgIpc) is 2.66. The van der Waals surface area contributed by atoms with E-state index in [0.717, 1.165) is 25.9 Å². The van der Waals surface area contributed by atoms with Gasteiger partial charge in [-0.05, 0) is 24.3 Å². The van der Waals surface area contributed by atoms with Crippen LogP contribution >= 0.6 is 11.6 Å². The SMILES string of the molecule is COC(=O)c1ccc(N(Cc2cc(C(F)(F)F)cc(Cl)c2O)C(C)=O)cc1OC(C)=O. The number of esters is 2. The predicted molar refractivity (Wildman–Crippen MR) is 104 cm³/mol. The van der Waals surface area contributed by atoms with Crippen LogP contribution in [-0.2, 0) is 27.0 Å². The van der Waals surface area contributed by atoms with Gasteiger partial charge in [0.25, 0.3) is 0 Å². The molecule has 0 aliphatic heterocycles. The normalized spacial score (nSPS) is 11.1. The van der Waals surface area contributed by atoms with Gasteiger partial charge in [-0.25, -0.2) is 4.79 Å².